The summed E-state index contributed by atoms with van der Waals surface area (Å²) >= 11 is 0. The van der Waals surface area contributed by atoms with Gasteiger partial charge >= 0.3 is 0 Å². The standard InChI is InChI=1S/C26H40O2/c1-5-6-7-8-9-10-11-12-13-14-15-16-17-18-19-20-24-23(4)25(27)21(2)22(3)26(24)28/h9-10,12-13H,5-8,11,14-20H2,1-4H3. The maximum atomic E-state index is 12.4. The third kappa shape index (κ3) is 8.54. The zero-order valence-corrected chi connectivity index (χ0v) is 18.6. The molecule has 0 N–H and O–H groups in total. The van der Waals surface area contributed by atoms with Gasteiger partial charge in [-0.15, -0.1) is 0 Å². The molecule has 0 saturated heterocycles. The SMILES string of the molecule is CCCCCC=CCC=CCCCCCCCC1=C(C)C(=O)C(C)=C(C)C1=O. The number of allylic oxidation sites excluding steroid dienone is 8. The number of carbonyl (C=O) groups is 2. The fourth-order valence-electron chi connectivity index (χ4n) is 3.57. The molecule has 0 aromatic heterocycles. The Morgan fingerprint density at radius 3 is 1.79 bits per heavy atom. The van der Waals surface area contributed by atoms with Crippen molar-refractivity contribution in [2.24, 2.45) is 0 Å². The van der Waals surface area contributed by atoms with Gasteiger partial charge in [-0.3, -0.25) is 9.59 Å². The molecule has 0 unspecified atom stereocenters. The van der Waals surface area contributed by atoms with Crippen molar-refractivity contribution in [2.75, 3.05) is 0 Å². The number of hydrogen-bond acceptors (Lipinski definition) is 2. The average molecular weight is 385 g/mol. The largest absolute Gasteiger partial charge is 0.289 e. The van der Waals surface area contributed by atoms with Crippen molar-refractivity contribution in [2.45, 2.75) is 105 Å². The van der Waals surface area contributed by atoms with Gasteiger partial charge in [0.2, 0.25) is 0 Å². The van der Waals surface area contributed by atoms with E-state index >= 15 is 0 Å². The molecule has 0 atom stereocenters. The van der Waals surface area contributed by atoms with Crippen molar-refractivity contribution in [3.8, 4) is 0 Å². The second kappa shape index (κ2) is 14.3. The van der Waals surface area contributed by atoms with E-state index < -0.39 is 0 Å². The van der Waals surface area contributed by atoms with Crippen molar-refractivity contribution in [3.05, 3.63) is 46.6 Å². The highest BCUT2D eigenvalue weighted by Gasteiger charge is 2.26. The van der Waals surface area contributed by atoms with Crippen LogP contribution in [0.4, 0.5) is 0 Å². The van der Waals surface area contributed by atoms with Crippen LogP contribution in [-0.4, -0.2) is 11.6 Å². The zero-order valence-electron chi connectivity index (χ0n) is 18.6. The van der Waals surface area contributed by atoms with Crippen LogP contribution >= 0.6 is 0 Å². The van der Waals surface area contributed by atoms with E-state index in [9.17, 15) is 9.59 Å². The summed E-state index contributed by atoms with van der Waals surface area (Å²) in [4.78, 5) is 24.6. The van der Waals surface area contributed by atoms with E-state index in [0.717, 1.165) is 37.7 Å². The van der Waals surface area contributed by atoms with Crippen LogP contribution in [0.15, 0.2) is 46.6 Å². The van der Waals surface area contributed by atoms with E-state index in [0.29, 0.717) is 16.7 Å². The van der Waals surface area contributed by atoms with Gasteiger partial charge in [0.1, 0.15) is 0 Å². The van der Waals surface area contributed by atoms with Crippen molar-refractivity contribution in [3.63, 3.8) is 0 Å². The smallest absolute Gasteiger partial charge is 0.185 e. The summed E-state index contributed by atoms with van der Waals surface area (Å²) in [7, 11) is 0. The lowest BCUT2D eigenvalue weighted by Crippen LogP contribution is -2.20. The number of unbranched alkanes of at least 4 members (excludes halogenated alkanes) is 8. The van der Waals surface area contributed by atoms with Gasteiger partial charge in [-0.05, 0) is 65.7 Å². The molecule has 156 valence electrons. The van der Waals surface area contributed by atoms with Crippen molar-refractivity contribution >= 4 is 11.6 Å². The number of Topliss-reactive ketones (excluding diaryl/α,β-unsaturated/α-hetero) is 2. The van der Waals surface area contributed by atoms with Crippen LogP contribution in [0, 0.1) is 0 Å². The Balaban J connectivity index is 2.09. The molecule has 1 aliphatic rings. The van der Waals surface area contributed by atoms with Crippen molar-refractivity contribution in [1.29, 1.82) is 0 Å². The first-order chi connectivity index (χ1) is 13.5. The Hall–Kier alpha value is -1.70. The molecule has 0 aliphatic heterocycles. The average Bonchev–Trinajstić information content (AvgIpc) is 2.70. The Kier molecular flexibility index (Phi) is 12.4. The summed E-state index contributed by atoms with van der Waals surface area (Å²) in [6.07, 6.45) is 23.1. The van der Waals surface area contributed by atoms with Crippen molar-refractivity contribution < 1.29 is 9.59 Å². The van der Waals surface area contributed by atoms with E-state index in [4.69, 9.17) is 0 Å². The minimum Gasteiger partial charge on any atom is -0.289 e. The Bertz CT molecular complexity index is 629. The lowest BCUT2D eigenvalue weighted by atomic mass is 9.84. The predicted molar refractivity (Wildman–Crippen MR) is 120 cm³/mol. The normalized spacial score (nSPS) is 15.7. The molecule has 0 radical (unpaired) electrons. The minimum atomic E-state index is 0.0506. The zero-order chi connectivity index (χ0) is 20.8. The van der Waals surface area contributed by atoms with Gasteiger partial charge in [-0.1, -0.05) is 63.3 Å². The van der Waals surface area contributed by atoms with Crippen LogP contribution in [0.5, 0.6) is 0 Å². The molecule has 0 amide bonds. The summed E-state index contributed by atoms with van der Waals surface area (Å²) in [6.45, 7) is 7.58. The molecule has 1 aliphatic carbocycles. The molecule has 0 aromatic carbocycles. The highest BCUT2D eigenvalue weighted by Crippen LogP contribution is 2.27. The maximum Gasteiger partial charge on any atom is 0.185 e. The number of ketones is 2. The van der Waals surface area contributed by atoms with Crippen LogP contribution < -0.4 is 0 Å². The van der Waals surface area contributed by atoms with Crippen LogP contribution in [0.2, 0.25) is 0 Å². The molecule has 0 heterocycles. The van der Waals surface area contributed by atoms with E-state index in [1.807, 2.05) is 0 Å². The molecule has 28 heavy (non-hydrogen) atoms. The summed E-state index contributed by atoms with van der Waals surface area (Å²) in [6, 6.07) is 0. The number of rotatable bonds is 14. The molecular weight excluding hydrogens is 344 g/mol. The molecule has 2 nitrogen and oxygen atoms in total. The molecule has 0 aromatic rings. The summed E-state index contributed by atoms with van der Waals surface area (Å²) < 4.78 is 0. The van der Waals surface area contributed by atoms with Gasteiger partial charge in [0.05, 0.1) is 0 Å². The van der Waals surface area contributed by atoms with Crippen LogP contribution in [-0.2, 0) is 9.59 Å². The van der Waals surface area contributed by atoms with E-state index in [1.54, 1.807) is 20.8 Å². The fourth-order valence-corrected chi connectivity index (χ4v) is 3.57. The maximum absolute atomic E-state index is 12.4. The summed E-state index contributed by atoms with van der Waals surface area (Å²) in [5, 5.41) is 0. The second-order valence-corrected chi connectivity index (χ2v) is 7.99. The highest BCUT2D eigenvalue weighted by atomic mass is 16.1. The first kappa shape index (κ1) is 24.3. The highest BCUT2D eigenvalue weighted by molar-refractivity contribution is 6.24. The fraction of sp³-hybridized carbons (Fsp3) is 0.615. The quantitative estimate of drug-likeness (QED) is 0.175. The molecular formula is C26H40O2. The Labute approximate surface area is 172 Å². The van der Waals surface area contributed by atoms with E-state index in [2.05, 4.69) is 31.2 Å². The molecule has 2 heteroatoms. The van der Waals surface area contributed by atoms with Crippen molar-refractivity contribution in [1.82, 2.24) is 0 Å². The molecule has 0 saturated carbocycles. The molecule has 0 spiro atoms. The van der Waals surface area contributed by atoms with Gasteiger partial charge in [-0.25, -0.2) is 0 Å². The lowest BCUT2D eigenvalue weighted by molar-refractivity contribution is -0.116. The van der Waals surface area contributed by atoms with E-state index in [-0.39, 0.29) is 11.6 Å². The van der Waals surface area contributed by atoms with Gasteiger partial charge in [0.15, 0.2) is 11.6 Å². The Morgan fingerprint density at radius 1 is 0.607 bits per heavy atom. The molecule has 0 fully saturated rings. The first-order valence-electron chi connectivity index (χ1n) is 11.3. The number of carbonyl (C=O) groups excluding carboxylic acids is 2. The van der Waals surface area contributed by atoms with Crippen LogP contribution in [0.1, 0.15) is 105 Å². The second-order valence-electron chi connectivity index (χ2n) is 7.99. The van der Waals surface area contributed by atoms with Crippen LogP contribution in [0.3, 0.4) is 0 Å². The third-order valence-electron chi connectivity index (χ3n) is 5.69. The van der Waals surface area contributed by atoms with Gasteiger partial charge in [-0.2, -0.15) is 0 Å². The molecule has 0 bridgehead atoms. The predicted octanol–water partition coefficient (Wildman–Crippen LogP) is 7.60. The van der Waals surface area contributed by atoms with Crippen LogP contribution in [0.25, 0.3) is 0 Å². The minimum absolute atomic E-state index is 0.0506. The van der Waals surface area contributed by atoms with Gasteiger partial charge < -0.3 is 0 Å². The monoisotopic (exact) mass is 384 g/mol. The van der Waals surface area contributed by atoms with Gasteiger partial charge in [0.25, 0.3) is 0 Å². The first-order valence-corrected chi connectivity index (χ1v) is 11.3. The summed E-state index contributed by atoms with van der Waals surface area (Å²) in [5.41, 5.74) is 2.66. The lowest BCUT2D eigenvalue weighted by Gasteiger charge is -2.18. The Morgan fingerprint density at radius 2 is 1.14 bits per heavy atom. The topological polar surface area (TPSA) is 34.1 Å². The van der Waals surface area contributed by atoms with Gasteiger partial charge in [0, 0.05) is 22.3 Å². The number of hydrogen-bond donors (Lipinski definition) is 0. The summed E-state index contributed by atoms with van der Waals surface area (Å²) in [5.74, 6) is 0.133. The van der Waals surface area contributed by atoms with E-state index in [1.165, 1.54) is 44.9 Å². The molecule has 1 rings (SSSR count). The third-order valence-corrected chi connectivity index (χ3v) is 5.69.